The lowest BCUT2D eigenvalue weighted by Crippen LogP contribution is -2.44. The van der Waals surface area contributed by atoms with Gasteiger partial charge in [-0.2, -0.15) is 0 Å². The van der Waals surface area contributed by atoms with Gasteiger partial charge in [0, 0.05) is 0 Å². The van der Waals surface area contributed by atoms with Gasteiger partial charge in [0.2, 0.25) is 0 Å². The first-order valence-electron chi connectivity index (χ1n) is 6.49. The third kappa shape index (κ3) is 2.89. The third-order valence-corrected chi connectivity index (χ3v) is 4.22. The van der Waals surface area contributed by atoms with Crippen molar-refractivity contribution in [3.8, 4) is 0 Å². The summed E-state index contributed by atoms with van der Waals surface area (Å²) in [5.74, 6) is -3.23. The molecule has 0 aliphatic carbocycles. The van der Waals surface area contributed by atoms with Crippen LogP contribution in [0.2, 0.25) is 0 Å². The van der Waals surface area contributed by atoms with Gasteiger partial charge < -0.3 is 30.5 Å². The van der Waals surface area contributed by atoms with Crippen molar-refractivity contribution in [2.75, 3.05) is 12.3 Å². The fraction of sp³-hybridized carbons (Fsp3) is 0.500. The predicted octanol–water partition coefficient (Wildman–Crippen LogP) is -1.45. The first kappa shape index (κ1) is 17.5. The minimum Gasteiger partial charge on any atom is -0.394 e. The van der Waals surface area contributed by atoms with Gasteiger partial charge in [0.1, 0.15) is 17.9 Å². The smallest absolute Gasteiger partial charge is 0.322 e. The zero-order chi connectivity index (χ0) is 17.7. The van der Waals surface area contributed by atoms with E-state index in [0.717, 1.165) is 17.2 Å². The Morgan fingerprint density at radius 3 is 2.79 bits per heavy atom. The molecule has 3 heterocycles. The van der Waals surface area contributed by atoms with Crippen LogP contribution in [-0.4, -0.2) is 64.2 Å². The Morgan fingerprint density at radius 2 is 2.17 bits per heavy atom. The van der Waals surface area contributed by atoms with Crippen molar-refractivity contribution in [1.82, 2.24) is 19.5 Å². The molecular formula is C10H13FN5O6PS. The molecular weight excluding hydrogens is 368 g/mol. The van der Waals surface area contributed by atoms with Crippen LogP contribution in [-0.2, 0) is 21.1 Å². The highest BCUT2D eigenvalue weighted by Gasteiger charge is 2.60. The Balaban J connectivity index is 2.04. The lowest BCUT2D eigenvalue weighted by atomic mass is 10.1. The van der Waals surface area contributed by atoms with E-state index in [1.807, 2.05) is 0 Å². The second-order valence-corrected chi connectivity index (χ2v) is 7.66. The summed E-state index contributed by atoms with van der Waals surface area (Å²) in [4.78, 5) is 30.0. The standard InChI is InChI=1S/C10H13FN5O6PS/c11-10(18)6(22-23(19,20)24)4(1-17)21-9(10)16-3-15-5-7(12)13-2-14-8(5)16/h2-4,6,9,17-18H,1H2,(H2,12,13,14)(H2,19,20,24)/t4-,6-,9-,10-/m1/s1. The molecule has 2 aromatic rings. The highest BCUT2D eigenvalue weighted by atomic mass is 32.5. The minimum absolute atomic E-state index is 0.0341. The number of anilines is 1. The number of fused-ring (bicyclic) bond motifs is 1. The molecule has 132 valence electrons. The molecule has 0 radical (unpaired) electrons. The summed E-state index contributed by atoms with van der Waals surface area (Å²) in [5.41, 5.74) is 5.85. The van der Waals surface area contributed by atoms with Gasteiger partial charge in [-0.25, -0.2) is 19.3 Å². The van der Waals surface area contributed by atoms with Crippen LogP contribution in [0.15, 0.2) is 12.7 Å². The number of ether oxygens (including phenoxy) is 1. The molecule has 3 rings (SSSR count). The van der Waals surface area contributed by atoms with E-state index in [1.54, 1.807) is 0 Å². The second kappa shape index (κ2) is 5.89. The number of hydrogen-bond donors (Lipinski definition) is 5. The van der Waals surface area contributed by atoms with E-state index >= 15 is 0 Å². The normalized spacial score (nSPS) is 31.0. The van der Waals surface area contributed by atoms with Gasteiger partial charge in [-0.15, -0.1) is 0 Å². The van der Waals surface area contributed by atoms with Crippen molar-refractivity contribution >= 4 is 35.5 Å². The summed E-state index contributed by atoms with van der Waals surface area (Å²) in [6.45, 7) is -5.10. The molecule has 1 aliphatic heterocycles. The largest absolute Gasteiger partial charge is 0.394 e. The molecule has 0 unspecified atom stereocenters. The monoisotopic (exact) mass is 381 g/mol. The van der Waals surface area contributed by atoms with Gasteiger partial charge in [-0.1, -0.05) is 0 Å². The first-order valence-corrected chi connectivity index (χ1v) is 9.12. The van der Waals surface area contributed by atoms with Crippen molar-refractivity contribution in [2.45, 2.75) is 24.3 Å². The summed E-state index contributed by atoms with van der Waals surface area (Å²) in [7, 11) is 0. The molecule has 1 aliphatic rings. The van der Waals surface area contributed by atoms with Crippen molar-refractivity contribution in [1.29, 1.82) is 0 Å². The number of halogens is 1. The Labute approximate surface area is 138 Å². The Morgan fingerprint density at radius 1 is 1.46 bits per heavy atom. The molecule has 0 amide bonds. The Bertz CT molecular complexity index is 814. The zero-order valence-corrected chi connectivity index (χ0v) is 13.5. The van der Waals surface area contributed by atoms with Gasteiger partial charge in [0.05, 0.1) is 12.9 Å². The maximum absolute atomic E-state index is 14.9. The number of aliphatic hydroxyl groups is 2. The highest BCUT2D eigenvalue weighted by molar-refractivity contribution is 8.06. The average molecular weight is 381 g/mol. The third-order valence-electron chi connectivity index (χ3n) is 3.46. The zero-order valence-electron chi connectivity index (χ0n) is 11.8. The fourth-order valence-electron chi connectivity index (χ4n) is 2.46. The van der Waals surface area contributed by atoms with E-state index in [9.17, 15) is 24.4 Å². The number of nitrogen functional groups attached to an aromatic ring is 1. The van der Waals surface area contributed by atoms with Crippen LogP contribution in [0.1, 0.15) is 6.23 Å². The number of nitrogens with two attached hydrogens (primary N) is 1. The van der Waals surface area contributed by atoms with Crippen molar-refractivity contribution in [3.05, 3.63) is 12.7 Å². The summed E-state index contributed by atoms with van der Waals surface area (Å²) in [6.07, 6.45) is -2.88. The second-order valence-electron chi connectivity index (χ2n) is 5.04. The maximum Gasteiger partial charge on any atom is 0.322 e. The van der Waals surface area contributed by atoms with Crippen LogP contribution >= 0.6 is 6.72 Å². The van der Waals surface area contributed by atoms with Crippen LogP contribution in [0.5, 0.6) is 0 Å². The van der Waals surface area contributed by atoms with E-state index in [1.165, 1.54) is 0 Å². The SMILES string of the molecule is Nc1ncnc2c1ncn2[C@@H]1O[C@H](CO)[C@@H](OP(O)(O)=S)[C@]1(O)F. The first-order chi connectivity index (χ1) is 11.1. The van der Waals surface area contributed by atoms with E-state index in [-0.39, 0.29) is 17.0 Å². The quantitative estimate of drug-likeness (QED) is 0.393. The van der Waals surface area contributed by atoms with Crippen LogP contribution in [0, 0.1) is 0 Å². The minimum atomic E-state index is -4.33. The highest BCUT2D eigenvalue weighted by Crippen LogP contribution is 2.49. The molecule has 0 saturated carbocycles. The fourth-order valence-corrected chi connectivity index (χ4v) is 3.32. The lowest BCUT2D eigenvalue weighted by molar-refractivity contribution is -0.191. The number of alkyl halides is 1. The molecule has 0 bridgehead atoms. The van der Waals surface area contributed by atoms with Crippen molar-refractivity contribution in [2.24, 2.45) is 0 Å². The number of rotatable bonds is 4. The van der Waals surface area contributed by atoms with E-state index < -0.39 is 37.6 Å². The molecule has 1 fully saturated rings. The Hall–Kier alpha value is -1.31. The van der Waals surface area contributed by atoms with Crippen molar-refractivity contribution in [3.63, 3.8) is 0 Å². The van der Waals surface area contributed by atoms with Gasteiger partial charge in [0.15, 0.2) is 23.8 Å². The molecule has 2 aromatic heterocycles. The molecule has 0 spiro atoms. The summed E-state index contributed by atoms with van der Waals surface area (Å²) in [5, 5.41) is 19.5. The molecule has 24 heavy (non-hydrogen) atoms. The molecule has 14 heteroatoms. The van der Waals surface area contributed by atoms with Crippen LogP contribution < -0.4 is 5.73 Å². The van der Waals surface area contributed by atoms with E-state index in [2.05, 4.69) is 31.3 Å². The molecule has 1 saturated heterocycles. The van der Waals surface area contributed by atoms with Crippen LogP contribution in [0.25, 0.3) is 11.2 Å². The summed E-state index contributed by atoms with van der Waals surface area (Å²) in [6, 6.07) is 0. The lowest BCUT2D eigenvalue weighted by Gasteiger charge is -2.27. The Kier molecular flexibility index (Phi) is 4.30. The molecule has 11 nitrogen and oxygen atoms in total. The topological polar surface area (TPSA) is 169 Å². The molecule has 6 N–H and O–H groups in total. The van der Waals surface area contributed by atoms with Crippen LogP contribution in [0.3, 0.4) is 0 Å². The maximum atomic E-state index is 14.9. The molecule has 4 atom stereocenters. The number of aliphatic hydroxyl groups excluding tert-OH is 1. The molecule has 0 aromatic carbocycles. The number of nitrogens with zero attached hydrogens (tertiary/aromatic N) is 4. The number of aromatic nitrogens is 4. The van der Waals surface area contributed by atoms with Gasteiger partial charge >= 0.3 is 6.72 Å². The van der Waals surface area contributed by atoms with Gasteiger partial charge in [-0.3, -0.25) is 9.09 Å². The number of imidazole rings is 1. The predicted molar refractivity (Wildman–Crippen MR) is 80.4 cm³/mol. The van der Waals surface area contributed by atoms with E-state index in [4.69, 9.17) is 10.5 Å². The van der Waals surface area contributed by atoms with Gasteiger partial charge in [0.25, 0.3) is 5.85 Å². The average Bonchev–Trinajstić information content (AvgIpc) is 2.99. The number of hydrogen-bond acceptors (Lipinski definition) is 9. The van der Waals surface area contributed by atoms with Gasteiger partial charge in [-0.05, 0) is 11.8 Å². The van der Waals surface area contributed by atoms with Crippen molar-refractivity contribution < 1.29 is 33.7 Å². The summed E-state index contributed by atoms with van der Waals surface area (Å²) < 4.78 is 25.8. The van der Waals surface area contributed by atoms with Crippen LogP contribution in [0.4, 0.5) is 10.2 Å². The summed E-state index contributed by atoms with van der Waals surface area (Å²) >= 11 is 4.29. The van der Waals surface area contributed by atoms with E-state index in [0.29, 0.717) is 0 Å².